The van der Waals surface area contributed by atoms with E-state index >= 15 is 0 Å². The number of hydrogen-bond donors (Lipinski definition) is 2. The molecule has 0 atom stereocenters. The molecule has 0 radical (unpaired) electrons. The van der Waals surface area contributed by atoms with Gasteiger partial charge in [-0.15, -0.1) is 0 Å². The van der Waals surface area contributed by atoms with Crippen LogP contribution in [0.15, 0.2) is 71.3 Å². The Morgan fingerprint density at radius 1 is 1.00 bits per heavy atom. The number of benzene rings is 2. The van der Waals surface area contributed by atoms with Crippen LogP contribution in [0, 0.1) is 0 Å². The van der Waals surface area contributed by atoms with Crippen molar-refractivity contribution in [1.29, 1.82) is 0 Å². The molecule has 1 aromatic heterocycles. The fraction of sp³-hybridized carbons (Fsp3) is 0.174. The first-order valence-corrected chi connectivity index (χ1v) is 9.73. The molecule has 152 valence electrons. The molecule has 7 nitrogen and oxygen atoms in total. The highest BCUT2D eigenvalue weighted by Crippen LogP contribution is 2.23. The molecule has 0 aliphatic carbocycles. The van der Waals surface area contributed by atoms with Crippen LogP contribution >= 0.6 is 0 Å². The van der Waals surface area contributed by atoms with Crippen molar-refractivity contribution in [1.82, 2.24) is 5.32 Å². The van der Waals surface area contributed by atoms with Crippen molar-refractivity contribution >= 4 is 29.1 Å². The third kappa shape index (κ3) is 4.25. The van der Waals surface area contributed by atoms with Gasteiger partial charge in [0.1, 0.15) is 5.76 Å². The van der Waals surface area contributed by atoms with E-state index in [0.717, 1.165) is 6.42 Å². The van der Waals surface area contributed by atoms with Crippen LogP contribution in [0.2, 0.25) is 0 Å². The molecule has 4 rings (SSSR count). The van der Waals surface area contributed by atoms with E-state index in [9.17, 15) is 14.4 Å². The topological polar surface area (TPSA) is 91.7 Å². The lowest BCUT2D eigenvalue weighted by Crippen LogP contribution is -2.25. The Hall–Kier alpha value is -3.87. The number of para-hydroxylation sites is 1. The molecule has 2 heterocycles. The van der Waals surface area contributed by atoms with Gasteiger partial charge in [-0.05, 0) is 48.9 Å². The predicted molar refractivity (Wildman–Crippen MR) is 112 cm³/mol. The van der Waals surface area contributed by atoms with Gasteiger partial charge in [0.2, 0.25) is 5.91 Å². The van der Waals surface area contributed by atoms with E-state index in [1.165, 1.54) is 0 Å². The van der Waals surface area contributed by atoms with Gasteiger partial charge >= 0.3 is 0 Å². The minimum Gasteiger partial charge on any atom is -0.467 e. The lowest BCUT2D eigenvalue weighted by atomic mass is 10.1. The zero-order chi connectivity index (χ0) is 20.9. The lowest BCUT2D eigenvalue weighted by Gasteiger charge is -2.17. The number of nitrogens with zero attached hydrogens (tertiary/aromatic N) is 1. The maximum absolute atomic E-state index is 12.8. The average molecular weight is 403 g/mol. The summed E-state index contributed by atoms with van der Waals surface area (Å²) in [4.78, 5) is 39.1. The highest BCUT2D eigenvalue weighted by atomic mass is 16.3. The van der Waals surface area contributed by atoms with Gasteiger partial charge in [-0.3, -0.25) is 14.4 Å². The summed E-state index contributed by atoms with van der Waals surface area (Å²) in [6.07, 6.45) is 2.88. The fourth-order valence-corrected chi connectivity index (χ4v) is 3.40. The van der Waals surface area contributed by atoms with Crippen molar-refractivity contribution in [3.8, 4) is 0 Å². The van der Waals surface area contributed by atoms with Gasteiger partial charge in [0.05, 0.1) is 24.1 Å². The van der Waals surface area contributed by atoms with Gasteiger partial charge in [-0.25, -0.2) is 0 Å². The number of rotatable bonds is 6. The van der Waals surface area contributed by atoms with E-state index in [1.54, 1.807) is 65.8 Å². The second-order valence-corrected chi connectivity index (χ2v) is 6.96. The maximum atomic E-state index is 12.8. The van der Waals surface area contributed by atoms with Crippen LogP contribution in [0.5, 0.6) is 0 Å². The van der Waals surface area contributed by atoms with E-state index in [2.05, 4.69) is 10.6 Å². The molecule has 3 amide bonds. The molecule has 2 N–H and O–H groups in total. The molecule has 30 heavy (non-hydrogen) atoms. The first-order valence-electron chi connectivity index (χ1n) is 9.73. The molecule has 3 aromatic rings. The number of carbonyl (C=O) groups is 3. The van der Waals surface area contributed by atoms with Crippen molar-refractivity contribution in [2.45, 2.75) is 19.4 Å². The van der Waals surface area contributed by atoms with Gasteiger partial charge in [0.15, 0.2) is 0 Å². The lowest BCUT2D eigenvalue weighted by molar-refractivity contribution is -0.117. The highest BCUT2D eigenvalue weighted by Gasteiger charge is 2.22. The standard InChI is InChI=1S/C23H21N3O4/c27-21-11-4-12-26(21)17-7-3-6-16(14-17)22(28)25-20-10-2-1-9-19(20)23(29)24-15-18-8-5-13-30-18/h1-3,5-10,13-14H,4,11-12,15H2,(H,24,29)(H,25,28). The van der Waals surface area contributed by atoms with Crippen molar-refractivity contribution in [3.63, 3.8) is 0 Å². The molecular weight excluding hydrogens is 382 g/mol. The minimum absolute atomic E-state index is 0.0612. The van der Waals surface area contributed by atoms with E-state index in [1.807, 2.05) is 6.07 Å². The molecule has 1 aliphatic heterocycles. The van der Waals surface area contributed by atoms with Crippen molar-refractivity contribution in [2.24, 2.45) is 0 Å². The number of anilines is 2. The van der Waals surface area contributed by atoms with Crippen molar-refractivity contribution in [3.05, 3.63) is 83.8 Å². The normalized spacial score (nSPS) is 13.3. The van der Waals surface area contributed by atoms with Crippen LogP contribution in [-0.4, -0.2) is 24.3 Å². The Balaban J connectivity index is 1.48. The Morgan fingerprint density at radius 2 is 1.87 bits per heavy atom. The first-order chi connectivity index (χ1) is 14.6. The molecular formula is C23H21N3O4. The minimum atomic E-state index is -0.352. The number of hydrogen-bond acceptors (Lipinski definition) is 4. The van der Waals surface area contributed by atoms with Crippen LogP contribution in [0.1, 0.15) is 39.3 Å². The largest absolute Gasteiger partial charge is 0.467 e. The summed E-state index contributed by atoms with van der Waals surface area (Å²) in [7, 11) is 0. The summed E-state index contributed by atoms with van der Waals surface area (Å²) in [6, 6.07) is 17.3. The van der Waals surface area contributed by atoms with Crippen LogP contribution < -0.4 is 15.5 Å². The molecule has 0 saturated carbocycles. The second-order valence-electron chi connectivity index (χ2n) is 6.96. The SMILES string of the molecule is O=C(Nc1ccccc1C(=O)NCc1ccco1)c1cccc(N2CCCC2=O)c1. The van der Waals surface area contributed by atoms with E-state index < -0.39 is 0 Å². The highest BCUT2D eigenvalue weighted by molar-refractivity contribution is 6.09. The summed E-state index contributed by atoms with van der Waals surface area (Å²) in [5.41, 5.74) is 1.87. The molecule has 2 aromatic carbocycles. The molecule has 0 spiro atoms. The maximum Gasteiger partial charge on any atom is 0.255 e. The van der Waals surface area contributed by atoms with E-state index in [4.69, 9.17) is 4.42 Å². The van der Waals surface area contributed by atoms with Crippen LogP contribution in [0.4, 0.5) is 11.4 Å². The number of furan rings is 1. The molecule has 1 saturated heterocycles. The molecule has 1 fully saturated rings. The summed E-state index contributed by atoms with van der Waals surface area (Å²) in [5, 5.41) is 5.58. The van der Waals surface area contributed by atoms with Crippen molar-refractivity contribution < 1.29 is 18.8 Å². The predicted octanol–water partition coefficient (Wildman–Crippen LogP) is 3.59. The Bertz CT molecular complexity index is 1080. The zero-order valence-corrected chi connectivity index (χ0v) is 16.3. The molecule has 0 bridgehead atoms. The fourth-order valence-electron chi connectivity index (χ4n) is 3.40. The quantitative estimate of drug-likeness (QED) is 0.658. The first kappa shape index (κ1) is 19.4. The third-order valence-electron chi connectivity index (χ3n) is 4.92. The summed E-state index contributed by atoms with van der Waals surface area (Å²) >= 11 is 0. The van der Waals surface area contributed by atoms with Gasteiger partial charge in [0, 0.05) is 24.2 Å². The summed E-state index contributed by atoms with van der Waals surface area (Å²) < 4.78 is 5.22. The monoisotopic (exact) mass is 403 g/mol. The number of carbonyl (C=O) groups excluding carboxylic acids is 3. The van der Waals surface area contributed by atoms with Gasteiger partial charge in [-0.2, -0.15) is 0 Å². The zero-order valence-electron chi connectivity index (χ0n) is 16.3. The van der Waals surface area contributed by atoms with Crippen LogP contribution in [0.25, 0.3) is 0 Å². The Kier molecular flexibility index (Phi) is 5.61. The van der Waals surface area contributed by atoms with Crippen LogP contribution in [0.3, 0.4) is 0 Å². The van der Waals surface area contributed by atoms with Crippen molar-refractivity contribution in [2.75, 3.05) is 16.8 Å². The second kappa shape index (κ2) is 8.65. The van der Waals surface area contributed by atoms with Gasteiger partial charge in [0.25, 0.3) is 11.8 Å². The average Bonchev–Trinajstić information content (AvgIpc) is 3.44. The smallest absolute Gasteiger partial charge is 0.255 e. The van der Waals surface area contributed by atoms with Gasteiger partial charge in [-0.1, -0.05) is 18.2 Å². The number of amides is 3. The molecule has 1 aliphatic rings. The summed E-state index contributed by atoms with van der Waals surface area (Å²) in [6.45, 7) is 0.905. The third-order valence-corrected chi connectivity index (χ3v) is 4.92. The molecule has 7 heteroatoms. The van der Waals surface area contributed by atoms with Crippen LogP contribution in [-0.2, 0) is 11.3 Å². The number of nitrogens with one attached hydrogen (secondary N) is 2. The Labute approximate surface area is 173 Å². The van der Waals surface area contributed by atoms with E-state index in [-0.39, 0.29) is 24.3 Å². The van der Waals surface area contributed by atoms with E-state index in [0.29, 0.717) is 41.2 Å². The summed E-state index contributed by atoms with van der Waals surface area (Å²) in [5.74, 6) is 0.0257. The Morgan fingerprint density at radius 3 is 2.63 bits per heavy atom. The molecule has 0 unspecified atom stereocenters. The van der Waals surface area contributed by atoms with Gasteiger partial charge < -0.3 is 20.0 Å².